The predicted octanol–water partition coefficient (Wildman–Crippen LogP) is 3.22. The zero-order valence-corrected chi connectivity index (χ0v) is 12.7. The third-order valence-electron chi connectivity index (χ3n) is 3.21. The van der Waals surface area contributed by atoms with Gasteiger partial charge in [0.05, 0.1) is 5.69 Å². The highest BCUT2D eigenvalue weighted by molar-refractivity contribution is 7.15. The SMILES string of the molecule is CCC(C)c1nc(N(C)C(C)C)sc1CNC. The molecule has 0 amide bonds. The molecule has 17 heavy (non-hydrogen) atoms. The summed E-state index contributed by atoms with van der Waals surface area (Å²) < 4.78 is 0. The summed E-state index contributed by atoms with van der Waals surface area (Å²) in [6.07, 6.45) is 1.14. The number of anilines is 1. The minimum absolute atomic E-state index is 0.494. The smallest absolute Gasteiger partial charge is 0.185 e. The van der Waals surface area contributed by atoms with Crippen LogP contribution >= 0.6 is 11.3 Å². The maximum atomic E-state index is 4.83. The molecule has 3 nitrogen and oxygen atoms in total. The lowest BCUT2D eigenvalue weighted by atomic mass is 10.0. The Morgan fingerprint density at radius 3 is 2.47 bits per heavy atom. The second kappa shape index (κ2) is 6.36. The van der Waals surface area contributed by atoms with Crippen molar-refractivity contribution in [2.75, 3.05) is 19.0 Å². The van der Waals surface area contributed by atoms with Gasteiger partial charge in [0.1, 0.15) is 0 Å². The fourth-order valence-electron chi connectivity index (χ4n) is 1.59. The summed E-state index contributed by atoms with van der Waals surface area (Å²) in [6.45, 7) is 9.79. The van der Waals surface area contributed by atoms with Crippen LogP contribution in [0.1, 0.15) is 50.6 Å². The number of rotatable bonds is 6. The van der Waals surface area contributed by atoms with Gasteiger partial charge in [-0.2, -0.15) is 0 Å². The summed E-state index contributed by atoms with van der Waals surface area (Å²) in [6, 6.07) is 0.494. The van der Waals surface area contributed by atoms with Gasteiger partial charge >= 0.3 is 0 Å². The van der Waals surface area contributed by atoms with Crippen molar-refractivity contribution >= 4 is 16.5 Å². The molecule has 0 radical (unpaired) electrons. The van der Waals surface area contributed by atoms with E-state index in [4.69, 9.17) is 4.98 Å². The van der Waals surface area contributed by atoms with Crippen LogP contribution in [0.2, 0.25) is 0 Å². The zero-order chi connectivity index (χ0) is 13.0. The second-order valence-corrected chi connectivity index (χ2v) is 5.91. The van der Waals surface area contributed by atoms with Gasteiger partial charge in [0, 0.05) is 24.5 Å². The van der Waals surface area contributed by atoms with Gasteiger partial charge in [-0.1, -0.05) is 13.8 Å². The minimum atomic E-state index is 0.494. The first-order chi connectivity index (χ1) is 8.01. The van der Waals surface area contributed by atoms with Gasteiger partial charge in [-0.15, -0.1) is 11.3 Å². The molecule has 0 fully saturated rings. The van der Waals surface area contributed by atoms with E-state index in [-0.39, 0.29) is 0 Å². The molecular formula is C13H25N3S. The quantitative estimate of drug-likeness (QED) is 0.846. The van der Waals surface area contributed by atoms with Crippen molar-refractivity contribution in [1.29, 1.82) is 0 Å². The Kier molecular flexibility index (Phi) is 5.40. The van der Waals surface area contributed by atoms with Gasteiger partial charge in [0.15, 0.2) is 5.13 Å². The second-order valence-electron chi connectivity index (χ2n) is 4.85. The molecule has 0 bridgehead atoms. The van der Waals surface area contributed by atoms with E-state index in [0.29, 0.717) is 12.0 Å². The van der Waals surface area contributed by atoms with Crippen LogP contribution in [0.25, 0.3) is 0 Å². The van der Waals surface area contributed by atoms with Crippen molar-refractivity contribution in [3.05, 3.63) is 10.6 Å². The first-order valence-corrected chi connectivity index (χ1v) is 7.19. The lowest BCUT2D eigenvalue weighted by molar-refractivity contribution is 0.687. The van der Waals surface area contributed by atoms with Gasteiger partial charge < -0.3 is 10.2 Å². The summed E-state index contributed by atoms with van der Waals surface area (Å²) in [5.74, 6) is 0.545. The molecule has 98 valence electrons. The first kappa shape index (κ1) is 14.5. The van der Waals surface area contributed by atoms with Crippen molar-refractivity contribution in [2.45, 2.75) is 52.6 Å². The minimum Gasteiger partial charge on any atom is -0.349 e. The highest BCUT2D eigenvalue weighted by atomic mass is 32.1. The number of nitrogens with one attached hydrogen (secondary N) is 1. The van der Waals surface area contributed by atoms with E-state index in [2.05, 4.69) is 45.0 Å². The molecule has 0 spiro atoms. The topological polar surface area (TPSA) is 28.2 Å². The molecule has 0 saturated heterocycles. The molecule has 1 N–H and O–H groups in total. The highest BCUT2D eigenvalue weighted by Gasteiger charge is 2.18. The predicted molar refractivity (Wildman–Crippen MR) is 77.1 cm³/mol. The third-order valence-corrected chi connectivity index (χ3v) is 4.37. The van der Waals surface area contributed by atoms with E-state index >= 15 is 0 Å². The largest absolute Gasteiger partial charge is 0.349 e. The van der Waals surface area contributed by atoms with E-state index in [1.807, 2.05) is 18.4 Å². The van der Waals surface area contributed by atoms with Gasteiger partial charge in [-0.25, -0.2) is 4.98 Å². The van der Waals surface area contributed by atoms with Crippen LogP contribution in [0, 0.1) is 0 Å². The molecule has 1 atom stereocenters. The van der Waals surface area contributed by atoms with Crippen LogP contribution in [-0.4, -0.2) is 25.1 Å². The molecule has 0 aliphatic rings. The van der Waals surface area contributed by atoms with Gasteiger partial charge in [-0.3, -0.25) is 0 Å². The van der Waals surface area contributed by atoms with Crippen LogP contribution in [0.3, 0.4) is 0 Å². The molecule has 1 heterocycles. The average Bonchev–Trinajstić information content (AvgIpc) is 2.71. The van der Waals surface area contributed by atoms with Crippen LogP contribution < -0.4 is 10.2 Å². The number of aromatic nitrogens is 1. The Morgan fingerprint density at radius 1 is 1.35 bits per heavy atom. The van der Waals surface area contributed by atoms with Crippen LogP contribution in [0.5, 0.6) is 0 Å². The number of hydrogen-bond donors (Lipinski definition) is 1. The number of hydrogen-bond acceptors (Lipinski definition) is 4. The first-order valence-electron chi connectivity index (χ1n) is 6.38. The number of thiazole rings is 1. The summed E-state index contributed by atoms with van der Waals surface area (Å²) >= 11 is 1.82. The summed E-state index contributed by atoms with van der Waals surface area (Å²) in [5, 5.41) is 4.38. The standard InChI is InChI=1S/C13H25N3S/c1-7-10(4)12-11(8-14-5)17-13(15-12)16(6)9(2)3/h9-10,14H,7-8H2,1-6H3. The van der Waals surface area contributed by atoms with Crippen molar-refractivity contribution in [3.8, 4) is 0 Å². The van der Waals surface area contributed by atoms with E-state index in [0.717, 1.165) is 18.1 Å². The Balaban J connectivity index is 3.02. The normalized spacial score (nSPS) is 13.1. The van der Waals surface area contributed by atoms with Gasteiger partial charge in [0.2, 0.25) is 0 Å². The Hall–Kier alpha value is -0.610. The lowest BCUT2D eigenvalue weighted by Gasteiger charge is -2.20. The molecule has 0 aliphatic carbocycles. The summed E-state index contributed by atoms with van der Waals surface area (Å²) in [5.41, 5.74) is 1.27. The highest BCUT2D eigenvalue weighted by Crippen LogP contribution is 2.32. The average molecular weight is 255 g/mol. The molecule has 1 aromatic rings. The Morgan fingerprint density at radius 2 is 2.00 bits per heavy atom. The maximum absolute atomic E-state index is 4.83. The van der Waals surface area contributed by atoms with Crippen LogP contribution in [0.15, 0.2) is 0 Å². The van der Waals surface area contributed by atoms with Gasteiger partial charge in [0.25, 0.3) is 0 Å². The third kappa shape index (κ3) is 3.42. The van der Waals surface area contributed by atoms with Crippen molar-refractivity contribution in [2.24, 2.45) is 0 Å². The fraction of sp³-hybridized carbons (Fsp3) is 0.769. The van der Waals surface area contributed by atoms with E-state index < -0.39 is 0 Å². The summed E-state index contributed by atoms with van der Waals surface area (Å²) in [4.78, 5) is 8.45. The van der Waals surface area contributed by atoms with E-state index in [9.17, 15) is 0 Å². The van der Waals surface area contributed by atoms with Crippen molar-refractivity contribution < 1.29 is 0 Å². The van der Waals surface area contributed by atoms with Crippen LogP contribution in [-0.2, 0) is 6.54 Å². The molecule has 0 aliphatic heterocycles. The Labute approximate surface area is 109 Å². The monoisotopic (exact) mass is 255 g/mol. The van der Waals surface area contributed by atoms with E-state index in [1.54, 1.807) is 0 Å². The molecule has 1 aromatic heterocycles. The van der Waals surface area contributed by atoms with Crippen molar-refractivity contribution in [1.82, 2.24) is 10.3 Å². The fourth-order valence-corrected chi connectivity index (χ4v) is 2.88. The summed E-state index contributed by atoms with van der Waals surface area (Å²) in [7, 11) is 4.11. The molecule has 0 saturated carbocycles. The number of nitrogens with zero attached hydrogens (tertiary/aromatic N) is 2. The molecule has 4 heteroatoms. The van der Waals surface area contributed by atoms with Crippen LogP contribution in [0.4, 0.5) is 5.13 Å². The van der Waals surface area contributed by atoms with E-state index in [1.165, 1.54) is 10.6 Å². The Bertz CT molecular complexity index is 346. The molecule has 1 rings (SSSR count). The van der Waals surface area contributed by atoms with Gasteiger partial charge in [-0.05, 0) is 33.2 Å². The maximum Gasteiger partial charge on any atom is 0.185 e. The molecule has 0 aromatic carbocycles. The zero-order valence-electron chi connectivity index (χ0n) is 11.9. The van der Waals surface area contributed by atoms with Crippen molar-refractivity contribution in [3.63, 3.8) is 0 Å². The molecule has 1 unspecified atom stereocenters. The lowest BCUT2D eigenvalue weighted by Crippen LogP contribution is -2.25. The molecular weight excluding hydrogens is 230 g/mol.